The van der Waals surface area contributed by atoms with E-state index < -0.39 is 0 Å². The summed E-state index contributed by atoms with van der Waals surface area (Å²) in [6.07, 6.45) is 5.84. The average molecular weight is 458 g/mol. The molecule has 5 heteroatoms. The molecular formula is C25H20BrN3O. The lowest BCUT2D eigenvalue weighted by atomic mass is 10.1. The third kappa shape index (κ3) is 4.93. The molecule has 4 aromatic rings. The largest absolute Gasteiger partial charge is 0.497 e. The van der Waals surface area contributed by atoms with Gasteiger partial charge in [-0.1, -0.05) is 64.5 Å². The van der Waals surface area contributed by atoms with Crippen LogP contribution in [0.4, 0.5) is 5.69 Å². The zero-order valence-corrected chi connectivity index (χ0v) is 18.0. The molecule has 0 aliphatic carbocycles. The molecule has 3 aromatic carbocycles. The van der Waals surface area contributed by atoms with E-state index in [0.717, 1.165) is 43.6 Å². The van der Waals surface area contributed by atoms with Crippen LogP contribution >= 0.6 is 15.9 Å². The number of fused-ring (bicyclic) bond motifs is 1. The van der Waals surface area contributed by atoms with Gasteiger partial charge in [0.2, 0.25) is 0 Å². The van der Waals surface area contributed by atoms with Gasteiger partial charge in [-0.15, -0.1) is 0 Å². The molecule has 30 heavy (non-hydrogen) atoms. The summed E-state index contributed by atoms with van der Waals surface area (Å²) < 4.78 is 6.42. The van der Waals surface area contributed by atoms with Gasteiger partial charge < -0.3 is 4.74 Å². The van der Waals surface area contributed by atoms with Crippen LogP contribution < -0.4 is 10.2 Å². The number of aromatic nitrogens is 1. The van der Waals surface area contributed by atoms with E-state index >= 15 is 0 Å². The quantitative estimate of drug-likeness (QED) is 0.261. The molecule has 0 aliphatic heterocycles. The Hall–Kier alpha value is -3.44. The first-order valence-electron chi connectivity index (χ1n) is 9.48. The van der Waals surface area contributed by atoms with Crippen LogP contribution in [0, 0.1) is 0 Å². The Labute approximate surface area is 184 Å². The second-order valence-electron chi connectivity index (χ2n) is 6.64. The molecule has 0 saturated carbocycles. The van der Waals surface area contributed by atoms with Crippen molar-refractivity contribution in [2.24, 2.45) is 5.10 Å². The molecule has 0 spiro atoms. The van der Waals surface area contributed by atoms with Gasteiger partial charge in [0, 0.05) is 9.86 Å². The number of nitrogens with zero attached hydrogens (tertiary/aromatic N) is 2. The first-order valence-corrected chi connectivity index (χ1v) is 10.3. The van der Waals surface area contributed by atoms with Crippen molar-refractivity contribution in [1.82, 2.24) is 4.98 Å². The second-order valence-corrected chi connectivity index (χ2v) is 7.56. The zero-order valence-electron chi connectivity index (χ0n) is 16.4. The summed E-state index contributed by atoms with van der Waals surface area (Å²) >= 11 is 3.45. The van der Waals surface area contributed by atoms with Crippen LogP contribution in [0.15, 0.2) is 88.4 Å². The molecule has 0 fully saturated rings. The molecule has 4 nitrogen and oxygen atoms in total. The lowest BCUT2D eigenvalue weighted by molar-refractivity contribution is 0.415. The summed E-state index contributed by atoms with van der Waals surface area (Å²) in [6.45, 7) is 0. The Morgan fingerprint density at radius 2 is 1.70 bits per heavy atom. The molecule has 1 N–H and O–H groups in total. The number of rotatable bonds is 6. The predicted octanol–water partition coefficient (Wildman–Crippen LogP) is 6.62. The van der Waals surface area contributed by atoms with E-state index in [0.29, 0.717) is 0 Å². The van der Waals surface area contributed by atoms with Crippen LogP contribution in [0.1, 0.15) is 16.8 Å². The van der Waals surface area contributed by atoms with Crippen LogP contribution in [-0.2, 0) is 0 Å². The molecule has 148 valence electrons. The Morgan fingerprint density at radius 1 is 0.900 bits per heavy atom. The first-order chi connectivity index (χ1) is 14.7. The molecule has 1 heterocycles. The van der Waals surface area contributed by atoms with Gasteiger partial charge in [-0.05, 0) is 53.6 Å². The summed E-state index contributed by atoms with van der Waals surface area (Å²) in [6, 6.07) is 25.9. The van der Waals surface area contributed by atoms with Crippen molar-refractivity contribution < 1.29 is 4.74 Å². The van der Waals surface area contributed by atoms with E-state index in [4.69, 9.17) is 9.72 Å². The molecule has 4 rings (SSSR count). The second kappa shape index (κ2) is 9.37. The van der Waals surface area contributed by atoms with E-state index in [-0.39, 0.29) is 0 Å². The van der Waals surface area contributed by atoms with E-state index in [1.165, 1.54) is 0 Å². The number of pyridine rings is 1. The Balaban J connectivity index is 1.67. The molecule has 0 amide bonds. The van der Waals surface area contributed by atoms with Crippen molar-refractivity contribution >= 4 is 50.9 Å². The Kier molecular flexibility index (Phi) is 6.20. The van der Waals surface area contributed by atoms with Gasteiger partial charge in [-0.2, -0.15) is 5.10 Å². The van der Waals surface area contributed by atoms with Crippen LogP contribution in [0.5, 0.6) is 5.75 Å². The SMILES string of the molecule is COc1ccc2nc(/C=C/c3ccccc3)cc(N/N=C\c3ccc(Br)cc3)c2c1. The van der Waals surface area contributed by atoms with Gasteiger partial charge in [-0.3, -0.25) is 5.43 Å². The van der Waals surface area contributed by atoms with Gasteiger partial charge in [0.15, 0.2) is 0 Å². The van der Waals surface area contributed by atoms with E-state index in [2.05, 4.69) is 38.6 Å². The standard InChI is InChI=1S/C25H20BrN3O/c1-30-22-13-14-24-23(16-22)25(29-27-17-19-7-10-20(26)11-8-19)15-21(28-24)12-9-18-5-3-2-4-6-18/h2-17H,1H3,(H,28,29)/b12-9+,27-17-. The fraction of sp³-hybridized carbons (Fsp3) is 0.0400. The lowest BCUT2D eigenvalue weighted by Gasteiger charge is -2.09. The third-order valence-corrected chi connectivity index (χ3v) is 5.08. The van der Waals surface area contributed by atoms with Crippen molar-refractivity contribution in [1.29, 1.82) is 0 Å². The van der Waals surface area contributed by atoms with Crippen molar-refractivity contribution in [3.05, 3.63) is 100 Å². The van der Waals surface area contributed by atoms with E-state index in [1.807, 2.05) is 78.9 Å². The summed E-state index contributed by atoms with van der Waals surface area (Å²) in [4.78, 5) is 4.76. The van der Waals surface area contributed by atoms with E-state index in [1.54, 1.807) is 13.3 Å². The highest BCUT2D eigenvalue weighted by Gasteiger charge is 2.06. The number of hydrazone groups is 1. The van der Waals surface area contributed by atoms with E-state index in [9.17, 15) is 0 Å². The summed E-state index contributed by atoms with van der Waals surface area (Å²) in [7, 11) is 1.66. The normalized spacial score (nSPS) is 11.4. The summed E-state index contributed by atoms with van der Waals surface area (Å²) in [5.41, 5.74) is 7.87. The maximum Gasteiger partial charge on any atom is 0.119 e. The average Bonchev–Trinajstić information content (AvgIpc) is 2.79. The molecule has 1 aromatic heterocycles. The number of hydrogen-bond donors (Lipinski definition) is 1. The fourth-order valence-corrected chi connectivity index (χ4v) is 3.27. The minimum atomic E-state index is 0.775. The monoisotopic (exact) mass is 457 g/mol. The predicted molar refractivity (Wildman–Crippen MR) is 129 cm³/mol. The van der Waals surface area contributed by atoms with Crippen molar-refractivity contribution in [3.63, 3.8) is 0 Å². The van der Waals surface area contributed by atoms with Gasteiger partial charge in [0.1, 0.15) is 5.75 Å². The Morgan fingerprint density at radius 3 is 2.47 bits per heavy atom. The van der Waals surface area contributed by atoms with Crippen LogP contribution in [0.3, 0.4) is 0 Å². The van der Waals surface area contributed by atoms with Gasteiger partial charge in [0.25, 0.3) is 0 Å². The van der Waals surface area contributed by atoms with Gasteiger partial charge >= 0.3 is 0 Å². The highest BCUT2D eigenvalue weighted by Crippen LogP contribution is 2.28. The smallest absolute Gasteiger partial charge is 0.119 e. The molecule has 0 atom stereocenters. The highest BCUT2D eigenvalue weighted by molar-refractivity contribution is 9.10. The lowest BCUT2D eigenvalue weighted by Crippen LogP contribution is -1.95. The molecule has 0 saturated heterocycles. The number of methoxy groups -OCH3 is 1. The third-order valence-electron chi connectivity index (χ3n) is 4.55. The van der Waals surface area contributed by atoms with Crippen LogP contribution in [0.2, 0.25) is 0 Å². The maximum absolute atomic E-state index is 5.39. The zero-order chi connectivity index (χ0) is 20.8. The van der Waals surface area contributed by atoms with Crippen LogP contribution in [-0.4, -0.2) is 18.3 Å². The van der Waals surface area contributed by atoms with Crippen molar-refractivity contribution in [3.8, 4) is 5.75 Å². The number of nitrogens with one attached hydrogen (secondary N) is 1. The maximum atomic E-state index is 5.39. The fourth-order valence-electron chi connectivity index (χ4n) is 3.00. The molecular weight excluding hydrogens is 438 g/mol. The molecule has 0 radical (unpaired) electrons. The summed E-state index contributed by atoms with van der Waals surface area (Å²) in [5.74, 6) is 0.775. The number of halogens is 1. The van der Waals surface area contributed by atoms with Crippen molar-refractivity contribution in [2.45, 2.75) is 0 Å². The minimum absolute atomic E-state index is 0.775. The molecule has 0 aliphatic rings. The molecule has 0 bridgehead atoms. The highest BCUT2D eigenvalue weighted by atomic mass is 79.9. The minimum Gasteiger partial charge on any atom is -0.497 e. The number of anilines is 1. The van der Waals surface area contributed by atoms with Crippen LogP contribution in [0.25, 0.3) is 23.1 Å². The first kappa shape index (κ1) is 19.9. The number of ether oxygens (including phenoxy) is 1. The Bertz CT molecular complexity index is 1200. The topological polar surface area (TPSA) is 46.5 Å². The molecule has 0 unspecified atom stereocenters. The number of hydrogen-bond acceptors (Lipinski definition) is 4. The van der Waals surface area contributed by atoms with Gasteiger partial charge in [0.05, 0.1) is 30.2 Å². The van der Waals surface area contributed by atoms with Crippen molar-refractivity contribution in [2.75, 3.05) is 12.5 Å². The van der Waals surface area contributed by atoms with Gasteiger partial charge in [-0.25, -0.2) is 4.98 Å². The number of benzene rings is 3. The summed E-state index contributed by atoms with van der Waals surface area (Å²) in [5, 5.41) is 5.37.